The molecular formula is C9H12Se. The third-order valence-electron chi connectivity index (χ3n) is 1.76. The van der Waals surface area contributed by atoms with Gasteiger partial charge in [0.05, 0.1) is 0 Å². The van der Waals surface area contributed by atoms with E-state index in [9.17, 15) is 0 Å². The van der Waals surface area contributed by atoms with Crippen molar-refractivity contribution in [3.8, 4) is 0 Å². The van der Waals surface area contributed by atoms with E-state index in [-0.39, 0.29) is 0 Å². The van der Waals surface area contributed by atoms with Gasteiger partial charge in [-0.25, -0.2) is 0 Å². The fourth-order valence-corrected chi connectivity index (χ4v) is 1.56. The first-order valence-electron chi connectivity index (χ1n) is 3.52. The molecular weight excluding hydrogens is 187 g/mol. The van der Waals surface area contributed by atoms with Crippen LogP contribution in [0.15, 0.2) is 23.3 Å². The molecule has 0 aromatic heterocycles. The summed E-state index contributed by atoms with van der Waals surface area (Å²) in [6.45, 7) is 6.51. The van der Waals surface area contributed by atoms with Crippen LogP contribution in [0.4, 0.5) is 0 Å². The zero-order valence-electron chi connectivity index (χ0n) is 6.64. The Balaban J connectivity index is 2.95. The zero-order valence-corrected chi connectivity index (χ0v) is 8.35. The van der Waals surface area contributed by atoms with Crippen molar-refractivity contribution in [2.45, 2.75) is 20.8 Å². The molecule has 1 rings (SSSR count). The van der Waals surface area contributed by atoms with E-state index in [0.717, 1.165) is 0 Å². The van der Waals surface area contributed by atoms with Gasteiger partial charge in [0.25, 0.3) is 0 Å². The van der Waals surface area contributed by atoms with E-state index in [2.05, 4.69) is 48.5 Å². The summed E-state index contributed by atoms with van der Waals surface area (Å²) in [4.78, 5) is 0. The summed E-state index contributed by atoms with van der Waals surface area (Å²) in [5, 5.41) is 0. The summed E-state index contributed by atoms with van der Waals surface area (Å²) in [5.41, 5.74) is 2.76. The molecule has 10 heavy (non-hydrogen) atoms. The van der Waals surface area contributed by atoms with Gasteiger partial charge >= 0.3 is 70.0 Å². The van der Waals surface area contributed by atoms with E-state index < -0.39 is 0 Å². The minimum absolute atomic E-state index is 0.588. The van der Waals surface area contributed by atoms with Crippen molar-refractivity contribution in [1.29, 1.82) is 0 Å². The maximum absolute atomic E-state index is 3.10. The predicted molar refractivity (Wildman–Crippen MR) is 47.4 cm³/mol. The summed E-state index contributed by atoms with van der Waals surface area (Å²) in [6, 6.07) is 0. The average Bonchev–Trinajstić information content (AvgIpc) is 1.82. The summed E-state index contributed by atoms with van der Waals surface area (Å²) < 4.78 is 1.38. The van der Waals surface area contributed by atoms with Crippen molar-refractivity contribution < 1.29 is 0 Å². The maximum atomic E-state index is 3.10. The van der Waals surface area contributed by atoms with Crippen molar-refractivity contribution in [2.24, 2.45) is 5.92 Å². The Kier molecular flexibility index (Phi) is 2.28. The summed E-state index contributed by atoms with van der Waals surface area (Å²) in [7, 11) is 0. The van der Waals surface area contributed by atoms with Crippen molar-refractivity contribution in [1.82, 2.24) is 0 Å². The Hall–Kier alpha value is -0.131. The van der Waals surface area contributed by atoms with Crippen LogP contribution in [-0.4, -0.2) is 20.0 Å². The molecule has 0 saturated carbocycles. The standard InChI is InChI=1S/C9H12Se/c1-6-4-7(2)9(10)8(3)5-6/h4-5,7H,1-3H3. The van der Waals surface area contributed by atoms with Gasteiger partial charge in [-0.2, -0.15) is 0 Å². The van der Waals surface area contributed by atoms with E-state index in [1.165, 1.54) is 15.6 Å². The van der Waals surface area contributed by atoms with Crippen molar-refractivity contribution in [2.75, 3.05) is 0 Å². The van der Waals surface area contributed by atoms with Crippen LogP contribution in [0.5, 0.6) is 0 Å². The third-order valence-corrected chi connectivity index (χ3v) is 3.21. The van der Waals surface area contributed by atoms with E-state index in [0.29, 0.717) is 5.92 Å². The molecule has 0 N–H and O–H groups in total. The fraction of sp³-hybridized carbons (Fsp3) is 0.444. The van der Waals surface area contributed by atoms with Gasteiger partial charge in [0.15, 0.2) is 0 Å². The quantitative estimate of drug-likeness (QED) is 0.522. The Bertz CT molecular complexity index is 221. The number of hydrogen-bond acceptors (Lipinski definition) is 0. The van der Waals surface area contributed by atoms with E-state index >= 15 is 0 Å². The summed E-state index contributed by atoms with van der Waals surface area (Å²) in [5.74, 6) is 0.588. The Morgan fingerprint density at radius 1 is 1.40 bits per heavy atom. The van der Waals surface area contributed by atoms with Gasteiger partial charge in [0.1, 0.15) is 0 Å². The molecule has 0 saturated heterocycles. The van der Waals surface area contributed by atoms with Crippen LogP contribution in [0.1, 0.15) is 20.8 Å². The predicted octanol–water partition coefficient (Wildman–Crippen LogP) is 1.87. The molecule has 0 aromatic rings. The monoisotopic (exact) mass is 200 g/mol. The number of allylic oxidation sites excluding steroid dienone is 4. The molecule has 1 unspecified atom stereocenters. The van der Waals surface area contributed by atoms with Crippen LogP contribution >= 0.6 is 0 Å². The van der Waals surface area contributed by atoms with Crippen molar-refractivity contribution in [3.05, 3.63) is 23.3 Å². The van der Waals surface area contributed by atoms with Gasteiger partial charge in [-0.15, -0.1) is 0 Å². The number of rotatable bonds is 0. The second kappa shape index (κ2) is 2.86. The molecule has 0 aliphatic heterocycles. The molecule has 1 atom stereocenters. The van der Waals surface area contributed by atoms with Crippen LogP contribution in [0.3, 0.4) is 0 Å². The van der Waals surface area contributed by atoms with E-state index in [4.69, 9.17) is 0 Å². The van der Waals surface area contributed by atoms with Gasteiger partial charge in [-0.3, -0.25) is 0 Å². The molecule has 0 bridgehead atoms. The first kappa shape index (κ1) is 7.97. The average molecular weight is 199 g/mol. The fourth-order valence-electron chi connectivity index (χ4n) is 1.29. The molecule has 1 aliphatic rings. The van der Waals surface area contributed by atoms with Gasteiger partial charge in [0, 0.05) is 0 Å². The van der Waals surface area contributed by atoms with Gasteiger partial charge < -0.3 is 0 Å². The van der Waals surface area contributed by atoms with Gasteiger partial charge in [0.2, 0.25) is 0 Å². The molecule has 0 fully saturated rings. The Labute approximate surface area is 70.4 Å². The summed E-state index contributed by atoms with van der Waals surface area (Å²) in [6.07, 6.45) is 4.49. The molecule has 0 heterocycles. The third kappa shape index (κ3) is 1.47. The molecule has 1 aliphatic carbocycles. The molecule has 54 valence electrons. The molecule has 0 spiro atoms. The first-order chi connectivity index (χ1) is 4.61. The molecule has 0 amide bonds. The van der Waals surface area contributed by atoms with Gasteiger partial charge in [-0.05, 0) is 0 Å². The van der Waals surface area contributed by atoms with Crippen LogP contribution in [-0.2, 0) is 0 Å². The molecule has 0 radical (unpaired) electrons. The summed E-state index contributed by atoms with van der Waals surface area (Å²) >= 11 is 3.10. The van der Waals surface area contributed by atoms with Crippen LogP contribution in [0.25, 0.3) is 0 Å². The van der Waals surface area contributed by atoms with E-state index in [1.807, 2.05) is 0 Å². The van der Waals surface area contributed by atoms with Crippen LogP contribution in [0.2, 0.25) is 0 Å². The Morgan fingerprint density at radius 2 is 2.00 bits per heavy atom. The zero-order chi connectivity index (χ0) is 7.72. The minimum atomic E-state index is 0.588. The number of hydrogen-bond donors (Lipinski definition) is 0. The SMILES string of the molecule is CC1=CC(C)C(=[Se])C(C)=C1. The second-order valence-corrected chi connectivity index (χ2v) is 3.81. The topological polar surface area (TPSA) is 0 Å². The first-order valence-corrected chi connectivity index (χ1v) is 4.38. The van der Waals surface area contributed by atoms with E-state index in [1.54, 1.807) is 0 Å². The normalized spacial score (nSPS) is 25.9. The molecule has 0 aromatic carbocycles. The van der Waals surface area contributed by atoms with Crippen molar-refractivity contribution >= 4 is 20.0 Å². The van der Waals surface area contributed by atoms with Gasteiger partial charge in [-0.1, -0.05) is 0 Å². The van der Waals surface area contributed by atoms with Crippen LogP contribution in [0, 0.1) is 5.92 Å². The second-order valence-electron chi connectivity index (χ2n) is 2.89. The molecule has 1 heteroatoms. The Morgan fingerprint density at radius 3 is 2.50 bits per heavy atom. The van der Waals surface area contributed by atoms with Crippen LogP contribution < -0.4 is 0 Å². The van der Waals surface area contributed by atoms with Crippen molar-refractivity contribution in [3.63, 3.8) is 0 Å². The molecule has 0 nitrogen and oxygen atoms in total.